The molecule has 0 heterocycles. The van der Waals surface area contributed by atoms with Crippen LogP contribution < -0.4 is 0 Å². The normalized spacial score (nSPS) is 13.0. The lowest BCUT2D eigenvalue weighted by molar-refractivity contribution is 0.118. The Morgan fingerprint density at radius 1 is 1.31 bits per heavy atom. The van der Waals surface area contributed by atoms with Crippen LogP contribution in [0.4, 0.5) is 8.78 Å². The molecule has 0 saturated heterocycles. The highest BCUT2D eigenvalue weighted by Gasteiger charge is 2.12. The number of hydrogen-bond acceptors (Lipinski definition) is 1. The van der Waals surface area contributed by atoms with Gasteiger partial charge >= 0.3 is 0 Å². The Morgan fingerprint density at radius 2 is 1.85 bits per heavy atom. The topological polar surface area (TPSA) is 9.23 Å². The van der Waals surface area contributed by atoms with Gasteiger partial charge in [-0.2, -0.15) is 0 Å². The van der Waals surface area contributed by atoms with Crippen molar-refractivity contribution in [2.75, 3.05) is 7.11 Å². The first kappa shape index (κ1) is 10.6. The maximum Gasteiger partial charge on any atom is 0.159 e. The van der Waals surface area contributed by atoms with E-state index in [1.54, 1.807) is 6.92 Å². The molecule has 1 aromatic rings. The summed E-state index contributed by atoms with van der Waals surface area (Å²) in [6.45, 7) is 1.76. The first-order chi connectivity index (χ1) is 6.06. The Balaban J connectivity index is 3.15. The number of halogens is 3. The number of hydrogen-bond donors (Lipinski definition) is 0. The predicted molar refractivity (Wildman–Crippen MR) is 49.5 cm³/mol. The van der Waals surface area contributed by atoms with Gasteiger partial charge in [-0.05, 0) is 24.6 Å². The number of rotatable bonds is 2. The molecule has 0 radical (unpaired) electrons. The molecule has 0 aliphatic carbocycles. The summed E-state index contributed by atoms with van der Waals surface area (Å²) < 4.78 is 31.0. The van der Waals surface area contributed by atoms with Crippen LogP contribution in [0.1, 0.15) is 18.6 Å². The highest BCUT2D eigenvalue weighted by molar-refractivity contribution is 9.10. The summed E-state index contributed by atoms with van der Waals surface area (Å²) in [7, 11) is 1.51. The summed E-state index contributed by atoms with van der Waals surface area (Å²) >= 11 is 3.14. The van der Waals surface area contributed by atoms with Crippen LogP contribution in [-0.4, -0.2) is 7.11 Å². The molecule has 1 atom stereocenters. The van der Waals surface area contributed by atoms with Crippen molar-refractivity contribution >= 4 is 15.9 Å². The van der Waals surface area contributed by atoms with Crippen LogP contribution in [0.3, 0.4) is 0 Å². The molecule has 1 aromatic carbocycles. The van der Waals surface area contributed by atoms with Gasteiger partial charge in [0.25, 0.3) is 0 Å². The van der Waals surface area contributed by atoms with Crippen molar-refractivity contribution in [1.82, 2.24) is 0 Å². The molecule has 0 spiro atoms. The fourth-order valence-corrected chi connectivity index (χ4v) is 1.61. The summed E-state index contributed by atoms with van der Waals surface area (Å²) in [5.41, 5.74) is 0.599. The third-order valence-corrected chi connectivity index (χ3v) is 2.52. The third kappa shape index (κ3) is 2.25. The van der Waals surface area contributed by atoms with Gasteiger partial charge < -0.3 is 4.74 Å². The van der Waals surface area contributed by atoms with Gasteiger partial charge in [0, 0.05) is 11.6 Å². The first-order valence-electron chi connectivity index (χ1n) is 3.73. The van der Waals surface area contributed by atoms with Gasteiger partial charge in [-0.15, -0.1) is 0 Å². The maximum absolute atomic E-state index is 12.8. The van der Waals surface area contributed by atoms with E-state index >= 15 is 0 Å². The Kier molecular flexibility index (Phi) is 3.39. The quantitative estimate of drug-likeness (QED) is 0.731. The minimum atomic E-state index is -0.862. The standard InChI is InChI=1S/C9H9BrF2O/c1-5(13-2)6-3-8(11)9(12)4-7(6)10/h3-5H,1-2H3. The molecule has 1 nitrogen and oxygen atoms in total. The van der Waals surface area contributed by atoms with Crippen molar-refractivity contribution in [3.63, 3.8) is 0 Å². The number of benzene rings is 1. The fourth-order valence-electron chi connectivity index (χ4n) is 0.976. The van der Waals surface area contributed by atoms with Crippen LogP contribution in [-0.2, 0) is 4.74 Å². The summed E-state index contributed by atoms with van der Waals surface area (Å²) in [6.07, 6.45) is -0.260. The molecule has 13 heavy (non-hydrogen) atoms. The van der Waals surface area contributed by atoms with E-state index in [1.165, 1.54) is 7.11 Å². The van der Waals surface area contributed by atoms with Gasteiger partial charge in [-0.1, -0.05) is 15.9 Å². The van der Waals surface area contributed by atoms with E-state index in [0.717, 1.165) is 12.1 Å². The van der Waals surface area contributed by atoms with Crippen molar-refractivity contribution in [3.8, 4) is 0 Å². The van der Waals surface area contributed by atoms with Crippen molar-refractivity contribution in [2.24, 2.45) is 0 Å². The van der Waals surface area contributed by atoms with E-state index in [1.807, 2.05) is 0 Å². The van der Waals surface area contributed by atoms with Crippen molar-refractivity contribution < 1.29 is 13.5 Å². The predicted octanol–water partition coefficient (Wildman–Crippen LogP) is 3.43. The fraction of sp³-hybridized carbons (Fsp3) is 0.333. The van der Waals surface area contributed by atoms with E-state index in [0.29, 0.717) is 10.0 Å². The van der Waals surface area contributed by atoms with E-state index in [2.05, 4.69) is 15.9 Å². The van der Waals surface area contributed by atoms with Crippen LogP contribution >= 0.6 is 15.9 Å². The monoisotopic (exact) mass is 250 g/mol. The van der Waals surface area contributed by atoms with Crippen molar-refractivity contribution in [1.29, 1.82) is 0 Å². The third-order valence-electron chi connectivity index (χ3n) is 1.83. The van der Waals surface area contributed by atoms with Crippen LogP contribution in [0, 0.1) is 11.6 Å². The Bertz CT molecular complexity index is 315. The van der Waals surface area contributed by atoms with Gasteiger partial charge in [0.2, 0.25) is 0 Å². The van der Waals surface area contributed by atoms with Gasteiger partial charge in [0.1, 0.15) is 0 Å². The maximum atomic E-state index is 12.8. The molecule has 4 heteroatoms. The van der Waals surface area contributed by atoms with Gasteiger partial charge in [-0.3, -0.25) is 0 Å². The largest absolute Gasteiger partial charge is 0.377 e. The molecule has 1 unspecified atom stereocenters. The minimum absolute atomic E-state index is 0.260. The average Bonchev–Trinajstić information content (AvgIpc) is 2.10. The molecular formula is C9H9BrF2O. The Labute approximate surface area is 83.8 Å². The molecular weight excluding hydrogens is 242 g/mol. The lowest BCUT2D eigenvalue weighted by Crippen LogP contribution is -1.99. The zero-order chi connectivity index (χ0) is 10.0. The second-order valence-electron chi connectivity index (χ2n) is 2.67. The van der Waals surface area contributed by atoms with Crippen molar-refractivity contribution in [3.05, 3.63) is 33.8 Å². The molecule has 0 N–H and O–H groups in total. The lowest BCUT2D eigenvalue weighted by atomic mass is 10.1. The van der Waals surface area contributed by atoms with Crippen molar-refractivity contribution in [2.45, 2.75) is 13.0 Å². The summed E-state index contributed by atoms with van der Waals surface area (Å²) in [4.78, 5) is 0. The Morgan fingerprint density at radius 3 is 2.38 bits per heavy atom. The molecule has 0 saturated carbocycles. The summed E-state index contributed by atoms with van der Waals surface area (Å²) in [5, 5.41) is 0. The highest BCUT2D eigenvalue weighted by atomic mass is 79.9. The molecule has 0 fully saturated rings. The molecule has 0 bridgehead atoms. The summed E-state index contributed by atoms with van der Waals surface area (Å²) in [6, 6.07) is 2.23. The van der Waals surface area contributed by atoms with Crippen LogP contribution in [0.15, 0.2) is 16.6 Å². The molecule has 0 aromatic heterocycles. The molecule has 0 amide bonds. The smallest absolute Gasteiger partial charge is 0.159 e. The number of methoxy groups -OCH3 is 1. The zero-order valence-corrected chi connectivity index (χ0v) is 8.86. The summed E-state index contributed by atoms with van der Waals surface area (Å²) in [5.74, 6) is -1.72. The molecule has 0 aliphatic heterocycles. The number of ether oxygens (including phenoxy) is 1. The molecule has 0 aliphatic rings. The second-order valence-corrected chi connectivity index (χ2v) is 3.52. The Hall–Kier alpha value is -0.480. The minimum Gasteiger partial charge on any atom is -0.377 e. The van der Waals surface area contributed by atoms with Gasteiger partial charge in [-0.25, -0.2) is 8.78 Å². The average molecular weight is 251 g/mol. The van der Waals surface area contributed by atoms with Gasteiger partial charge in [0.05, 0.1) is 6.10 Å². The first-order valence-corrected chi connectivity index (χ1v) is 4.52. The highest BCUT2D eigenvalue weighted by Crippen LogP contribution is 2.27. The van der Waals surface area contributed by atoms with E-state index in [9.17, 15) is 8.78 Å². The van der Waals surface area contributed by atoms with E-state index in [-0.39, 0.29) is 6.10 Å². The zero-order valence-electron chi connectivity index (χ0n) is 7.27. The van der Waals surface area contributed by atoms with E-state index in [4.69, 9.17) is 4.74 Å². The molecule has 72 valence electrons. The van der Waals surface area contributed by atoms with Crippen LogP contribution in [0.2, 0.25) is 0 Å². The van der Waals surface area contributed by atoms with Crippen LogP contribution in [0.5, 0.6) is 0 Å². The lowest BCUT2D eigenvalue weighted by Gasteiger charge is -2.11. The molecule has 1 rings (SSSR count). The van der Waals surface area contributed by atoms with Crippen LogP contribution in [0.25, 0.3) is 0 Å². The SMILES string of the molecule is COC(C)c1cc(F)c(F)cc1Br. The van der Waals surface area contributed by atoms with Gasteiger partial charge in [0.15, 0.2) is 11.6 Å². The van der Waals surface area contributed by atoms with E-state index < -0.39 is 11.6 Å². The second kappa shape index (κ2) is 4.15.